The molecule has 13 heterocycles. The van der Waals surface area contributed by atoms with E-state index in [9.17, 15) is 37.5 Å². The number of aromatic amines is 6. The summed E-state index contributed by atoms with van der Waals surface area (Å²) < 4.78 is 28.6. The summed E-state index contributed by atoms with van der Waals surface area (Å²) >= 11 is 35.8. The summed E-state index contributed by atoms with van der Waals surface area (Å²) in [4.78, 5) is 88.2. The highest BCUT2D eigenvalue weighted by Crippen LogP contribution is 2.65. The van der Waals surface area contributed by atoms with E-state index in [0.717, 1.165) is 121 Å². The molecule has 39 heteroatoms. The minimum absolute atomic E-state index is 0.0451. The fourth-order valence-electron chi connectivity index (χ4n) is 20.0. The summed E-state index contributed by atoms with van der Waals surface area (Å²) in [6, 6.07) is 42.0. The number of nitrogens with zero attached hydrogens (tertiary/aromatic N) is 13. The second-order valence-corrected chi connectivity index (χ2v) is 41.3. The summed E-state index contributed by atoms with van der Waals surface area (Å²) in [5.41, 5.74) is 21.6. The second-order valence-electron chi connectivity index (χ2n) is 38.7. The molecule has 2 unspecified atom stereocenters. The number of anilines is 7. The zero-order chi connectivity index (χ0) is 99.5. The van der Waals surface area contributed by atoms with E-state index in [1.165, 1.54) is 102 Å². The Kier molecular flexibility index (Phi) is 32.1. The number of halogens is 8. The van der Waals surface area contributed by atoms with E-state index >= 15 is 0 Å². The van der Waals surface area contributed by atoms with Crippen LogP contribution in [0.25, 0.3) is 0 Å². The molecule has 3 aliphatic carbocycles. The molecule has 0 radical (unpaired) electrons. The molecule has 12 N–H and O–H groups in total. The molecule has 748 valence electrons. The molecule has 6 aromatic heterocycles. The number of amides is 12. The number of urea groups is 6. The van der Waals surface area contributed by atoms with Gasteiger partial charge in [-0.05, 0) is 166 Å². The first-order valence-corrected chi connectivity index (χ1v) is 51.1. The van der Waals surface area contributed by atoms with Crippen LogP contribution in [-0.4, -0.2) is 179 Å². The standard InChI is InChI=1S/C19H21ClN4O.C17H19ClF2N4O.C17H20ClN5O.C17H19ClN4O.C17H21ClN4O.C16H19ClN4O/c20-13-4-1-5-14(9-13)21-18(25)24-8-6-16-15(11-24)17(23-22-16)19-7-2-3-12(19)10-19;1-2-7-17(19,20)15-13-10-24(8-6-14(13)22-23-15)16(25)21-12-5-3-4-11(18)9-12;18-12-4-3-5-13(10-12)19-17(24)23-9-6-15-14(11-23)16(21-20-15)22-7-1-2-8-22;18-12-5-2-6-13(9-12)19-17(23)22-8-7-15-14(10-22)16(21-20-15)11-3-1-4-11;1-17(2,3)15-13-10-22(8-7-14(13)20-21-15)16(23)19-12-6-4-5-11(18)9-12;1-2-4-14-13-10-21(8-7-15(13)20-19-14)16(22)18-12-6-3-5-11(17)9-12/h1,4-5,9,12H,2-3,6-8,10-11H2,(H,21,25)(H,22,23);3-5,9H,2,6-8,10H2,1H3,(H,21,25)(H,22,23);3-5,10H,1-2,6-9,11H2,(H,19,24)(H,20,21);2,5-6,9,11H,1,3-4,7-8,10H2,(H,19,23)(H,20,21);4-6,9H,7-8,10H2,1-3H3,(H,19,23)(H,20,21);3,5-6,9H,2,4,7-8,10H2,1H3,(H,18,22)(H,19,20). The Bertz CT molecular complexity index is 6520. The highest BCUT2D eigenvalue weighted by molar-refractivity contribution is 6.32. The second kappa shape index (κ2) is 45.0. The number of hydrogen-bond acceptors (Lipinski definition) is 13. The van der Waals surface area contributed by atoms with Gasteiger partial charge in [0.2, 0.25) is 0 Å². The quantitative estimate of drug-likeness (QED) is 0.0482. The van der Waals surface area contributed by atoms with Crippen LogP contribution < -0.4 is 36.8 Å². The van der Waals surface area contributed by atoms with Crippen LogP contribution in [-0.2, 0) is 101 Å². The van der Waals surface area contributed by atoms with Gasteiger partial charge in [0, 0.05) is 246 Å². The van der Waals surface area contributed by atoms with Crippen molar-refractivity contribution in [2.24, 2.45) is 5.92 Å². The Labute approximate surface area is 853 Å². The largest absolute Gasteiger partial charge is 0.355 e. The Morgan fingerprint density at radius 3 is 1.09 bits per heavy atom. The molecule has 0 spiro atoms. The van der Waals surface area contributed by atoms with E-state index in [4.69, 9.17) is 69.6 Å². The number of aryl methyl sites for hydroxylation is 1. The third-order valence-electron chi connectivity index (χ3n) is 27.8. The summed E-state index contributed by atoms with van der Waals surface area (Å²) in [5, 5.41) is 65.8. The fraction of sp³-hybridized carbons (Fsp3) is 0.417. The topological polar surface area (TPSA) is 369 Å². The van der Waals surface area contributed by atoms with Gasteiger partial charge in [-0.25, -0.2) is 28.8 Å². The van der Waals surface area contributed by atoms with Gasteiger partial charge in [-0.2, -0.15) is 39.4 Å². The maximum Gasteiger partial charge on any atom is 0.322 e. The van der Waals surface area contributed by atoms with Gasteiger partial charge >= 0.3 is 36.2 Å². The van der Waals surface area contributed by atoms with Crippen LogP contribution in [0.15, 0.2) is 146 Å². The van der Waals surface area contributed by atoms with Gasteiger partial charge in [0.05, 0.1) is 62.0 Å². The average molecular weight is 2050 g/mol. The van der Waals surface area contributed by atoms with Crippen molar-refractivity contribution in [2.75, 3.05) is 89.2 Å². The van der Waals surface area contributed by atoms with Gasteiger partial charge in [0.1, 0.15) is 5.69 Å². The third kappa shape index (κ3) is 24.4. The molecule has 6 aromatic carbocycles. The zero-order valence-electron chi connectivity index (χ0n) is 80.1. The van der Waals surface area contributed by atoms with Crippen molar-refractivity contribution in [3.8, 4) is 0 Å². The predicted molar refractivity (Wildman–Crippen MR) is 552 cm³/mol. The van der Waals surface area contributed by atoms with Gasteiger partial charge in [-0.3, -0.25) is 30.6 Å². The van der Waals surface area contributed by atoms with Gasteiger partial charge in [-0.1, -0.05) is 166 Å². The highest BCUT2D eigenvalue weighted by Gasteiger charge is 2.60. The van der Waals surface area contributed by atoms with Crippen LogP contribution in [0.2, 0.25) is 30.1 Å². The Morgan fingerprint density at radius 1 is 0.380 bits per heavy atom. The molecule has 2 atom stereocenters. The highest BCUT2D eigenvalue weighted by atomic mass is 35.5. The number of nitrogens with one attached hydrogen (secondary N) is 12. The van der Waals surface area contributed by atoms with Crippen molar-refractivity contribution in [2.45, 2.75) is 219 Å². The van der Waals surface area contributed by atoms with Crippen LogP contribution in [0.1, 0.15) is 214 Å². The van der Waals surface area contributed by atoms with Crippen LogP contribution in [0.4, 0.5) is 77.5 Å². The summed E-state index contributed by atoms with van der Waals surface area (Å²) in [6.45, 7) is 19.4. The molecule has 1 saturated heterocycles. The number of H-pyrrole nitrogens is 6. The van der Waals surface area contributed by atoms with Crippen molar-refractivity contribution < 1.29 is 37.5 Å². The molecule has 7 aliphatic heterocycles. The molecule has 10 aliphatic rings. The molecule has 0 bridgehead atoms. The van der Waals surface area contributed by atoms with Crippen molar-refractivity contribution >= 4 is 146 Å². The SMILES string of the molecule is CC(C)(C)c1n[nH]c2c1CN(C(=O)Nc1cccc(Cl)c1)CC2.CCCC(F)(F)c1n[nH]c2c1CN(C(=O)Nc1cccc(Cl)c1)CC2.CCCc1n[nH]c2c1CN(C(=O)Nc1cccc(Cl)c1)CC2.O=C(Nc1cccc(Cl)c1)N1CCc2[nH]nc(C34CCCC3C4)c2C1.O=C(Nc1cccc(Cl)c1)N1CCc2[nH]nc(C3CCC3)c2C1.O=C(Nc1cccc(Cl)c1)N1CCc2[nH]nc(N3CCCC3)c2C1. The Morgan fingerprint density at radius 2 is 0.718 bits per heavy atom. The lowest BCUT2D eigenvalue weighted by atomic mass is 9.81. The van der Waals surface area contributed by atoms with Crippen LogP contribution in [0.3, 0.4) is 0 Å². The number of carbonyl (C=O) groups is 6. The molecule has 22 rings (SSSR count). The number of hydrogen-bond donors (Lipinski definition) is 12. The van der Waals surface area contributed by atoms with E-state index in [1.807, 2.05) is 85.2 Å². The van der Waals surface area contributed by atoms with Gasteiger partial charge in [-0.15, -0.1) is 0 Å². The first-order valence-electron chi connectivity index (χ1n) is 48.9. The van der Waals surface area contributed by atoms with E-state index in [-0.39, 0.29) is 60.3 Å². The smallest absolute Gasteiger partial charge is 0.322 e. The fourth-order valence-corrected chi connectivity index (χ4v) is 21.2. The number of fused-ring (bicyclic) bond motifs is 7. The lowest BCUT2D eigenvalue weighted by Crippen LogP contribution is -2.39. The number of alkyl halides is 2. The average Bonchev–Trinajstić information content (AvgIpc) is 1.54. The van der Waals surface area contributed by atoms with Gasteiger partial charge < -0.3 is 66.2 Å². The Hall–Kier alpha value is -12.4. The van der Waals surface area contributed by atoms with Crippen molar-refractivity contribution in [3.63, 3.8) is 0 Å². The lowest BCUT2D eigenvalue weighted by Gasteiger charge is -2.30. The summed E-state index contributed by atoms with van der Waals surface area (Å²) in [7, 11) is 0. The van der Waals surface area contributed by atoms with Crippen LogP contribution >= 0.6 is 69.6 Å². The zero-order valence-corrected chi connectivity index (χ0v) is 84.7. The minimum Gasteiger partial charge on any atom is -0.355 e. The van der Waals surface area contributed by atoms with Crippen molar-refractivity contribution in [1.82, 2.24) is 90.6 Å². The first-order chi connectivity index (χ1) is 68.5. The molecule has 12 aromatic rings. The molecule has 4 fully saturated rings. The summed E-state index contributed by atoms with van der Waals surface area (Å²) in [5.74, 6) is -0.588. The molecular formula is C103H119Cl6F2N25O6. The molecule has 3 saturated carbocycles. The molecular weight excluding hydrogens is 1930 g/mol. The van der Waals surface area contributed by atoms with Crippen LogP contribution in [0, 0.1) is 5.92 Å². The lowest BCUT2D eigenvalue weighted by molar-refractivity contribution is -0.0198. The monoisotopic (exact) mass is 2050 g/mol. The summed E-state index contributed by atoms with van der Waals surface area (Å²) in [6.07, 6.45) is 17.9. The normalized spacial score (nSPS) is 17.5. The van der Waals surface area contributed by atoms with Crippen molar-refractivity contribution in [3.05, 3.63) is 272 Å². The van der Waals surface area contributed by atoms with Gasteiger partial charge in [0.15, 0.2) is 5.82 Å². The number of aromatic nitrogens is 12. The van der Waals surface area contributed by atoms with E-state index in [1.54, 1.807) is 91.9 Å². The van der Waals surface area contributed by atoms with E-state index < -0.39 is 5.92 Å². The van der Waals surface area contributed by atoms with E-state index in [0.29, 0.717) is 160 Å². The minimum atomic E-state index is -2.99. The van der Waals surface area contributed by atoms with Gasteiger partial charge in [0.25, 0.3) is 5.92 Å². The number of benzene rings is 6. The Balaban J connectivity index is 0.000000117. The number of rotatable bonds is 14. The molecule has 142 heavy (non-hydrogen) atoms. The van der Waals surface area contributed by atoms with E-state index in [2.05, 4.69) is 126 Å². The third-order valence-corrected chi connectivity index (χ3v) is 29.2. The van der Waals surface area contributed by atoms with Crippen LogP contribution in [0.5, 0.6) is 0 Å². The number of carbonyl (C=O) groups excluding carboxylic acids is 6. The predicted octanol–water partition coefficient (Wildman–Crippen LogP) is 23.4. The molecule has 31 nitrogen and oxygen atoms in total. The first kappa shape index (κ1) is 101. The maximum absolute atomic E-state index is 14.3. The van der Waals surface area contributed by atoms with Crippen molar-refractivity contribution in [1.29, 1.82) is 0 Å². The maximum atomic E-state index is 14.3. The molecule has 12 amide bonds.